The maximum absolute atomic E-state index is 13.5. The van der Waals surface area contributed by atoms with E-state index in [-0.39, 0.29) is 24.6 Å². The van der Waals surface area contributed by atoms with Crippen LogP contribution in [0.3, 0.4) is 0 Å². The van der Waals surface area contributed by atoms with Crippen molar-refractivity contribution in [2.45, 2.75) is 44.4 Å². The summed E-state index contributed by atoms with van der Waals surface area (Å²) in [5, 5.41) is 3.10. The number of hydrogen-bond acceptors (Lipinski definition) is 2. The van der Waals surface area contributed by atoms with Crippen molar-refractivity contribution in [3.05, 3.63) is 29.6 Å². The molecule has 0 radical (unpaired) electrons. The van der Waals surface area contributed by atoms with Crippen LogP contribution in [0.5, 0.6) is 5.75 Å². The highest BCUT2D eigenvalue weighted by Crippen LogP contribution is 2.37. The smallest absolute Gasteiger partial charge is 0.391 e. The van der Waals surface area contributed by atoms with Crippen molar-refractivity contribution >= 4 is 0 Å². The van der Waals surface area contributed by atoms with Crippen LogP contribution in [-0.2, 0) is 6.54 Å². The van der Waals surface area contributed by atoms with Crippen LogP contribution in [0.1, 0.15) is 31.2 Å². The molecule has 0 heterocycles. The molecule has 21 heavy (non-hydrogen) atoms. The van der Waals surface area contributed by atoms with Gasteiger partial charge in [-0.2, -0.15) is 13.2 Å². The van der Waals surface area contributed by atoms with Crippen LogP contribution in [-0.4, -0.2) is 19.3 Å². The number of nitrogens with one attached hydrogen (secondary N) is 1. The molecule has 2 unspecified atom stereocenters. The summed E-state index contributed by atoms with van der Waals surface area (Å²) in [6, 6.07) is 4.40. The molecule has 0 saturated heterocycles. The van der Waals surface area contributed by atoms with Crippen molar-refractivity contribution in [1.82, 2.24) is 5.32 Å². The summed E-state index contributed by atoms with van der Waals surface area (Å²) in [6.45, 7) is 0.357. The summed E-state index contributed by atoms with van der Waals surface area (Å²) in [5.74, 6) is -1.53. The number of hydrogen-bond donors (Lipinski definition) is 1. The molecule has 6 heteroatoms. The van der Waals surface area contributed by atoms with Crippen LogP contribution >= 0.6 is 0 Å². The first-order valence-corrected chi connectivity index (χ1v) is 7.02. The molecular weight excluding hydrogens is 286 g/mol. The summed E-state index contributed by atoms with van der Waals surface area (Å²) >= 11 is 0. The summed E-state index contributed by atoms with van der Waals surface area (Å²) < 4.78 is 56.5. The van der Waals surface area contributed by atoms with Crippen molar-refractivity contribution in [1.29, 1.82) is 0 Å². The molecule has 1 aromatic carbocycles. The average molecular weight is 305 g/mol. The largest absolute Gasteiger partial charge is 0.494 e. The van der Waals surface area contributed by atoms with Crippen LogP contribution in [0.4, 0.5) is 17.6 Å². The van der Waals surface area contributed by atoms with Crippen LogP contribution in [0, 0.1) is 11.7 Å². The SMILES string of the molecule is COc1ccc(CNC2CCCC(C(F)(F)F)C2)cc1F. The molecule has 1 fully saturated rings. The third kappa shape index (κ3) is 4.33. The molecule has 1 saturated carbocycles. The third-order valence-corrected chi connectivity index (χ3v) is 3.95. The lowest BCUT2D eigenvalue weighted by atomic mass is 9.85. The Labute approximate surface area is 121 Å². The molecule has 0 amide bonds. The summed E-state index contributed by atoms with van der Waals surface area (Å²) in [6.07, 6.45) is -2.52. The van der Waals surface area contributed by atoms with Gasteiger partial charge in [0.1, 0.15) is 0 Å². The highest BCUT2D eigenvalue weighted by atomic mass is 19.4. The number of benzene rings is 1. The van der Waals surface area contributed by atoms with E-state index in [1.54, 1.807) is 6.07 Å². The third-order valence-electron chi connectivity index (χ3n) is 3.95. The predicted octanol–water partition coefficient (Wildman–Crippen LogP) is 4.05. The maximum Gasteiger partial charge on any atom is 0.391 e. The topological polar surface area (TPSA) is 21.3 Å². The second-order valence-electron chi connectivity index (χ2n) is 5.45. The molecule has 1 aromatic rings. The van der Waals surface area contributed by atoms with Crippen molar-refractivity contribution in [3.8, 4) is 5.75 Å². The van der Waals surface area contributed by atoms with E-state index < -0.39 is 17.9 Å². The summed E-state index contributed by atoms with van der Waals surface area (Å²) in [4.78, 5) is 0. The standard InChI is InChI=1S/C15H19F4NO/c1-21-14-6-5-10(7-13(14)16)9-20-12-4-2-3-11(8-12)15(17,18)19/h5-7,11-12,20H,2-4,8-9H2,1H3. The predicted molar refractivity (Wildman–Crippen MR) is 71.6 cm³/mol. The monoisotopic (exact) mass is 305 g/mol. The minimum Gasteiger partial charge on any atom is -0.494 e. The molecule has 1 aliphatic carbocycles. The van der Waals surface area contributed by atoms with Crippen LogP contribution in [0.25, 0.3) is 0 Å². The van der Waals surface area contributed by atoms with E-state index in [2.05, 4.69) is 5.32 Å². The Morgan fingerprint density at radius 1 is 1.29 bits per heavy atom. The van der Waals surface area contributed by atoms with E-state index in [1.165, 1.54) is 19.2 Å². The van der Waals surface area contributed by atoms with Gasteiger partial charge >= 0.3 is 6.18 Å². The first-order chi connectivity index (χ1) is 9.90. The van der Waals surface area contributed by atoms with Crippen LogP contribution in [0.15, 0.2) is 18.2 Å². The molecule has 0 spiro atoms. The summed E-state index contributed by atoms with van der Waals surface area (Å²) in [5.41, 5.74) is 0.697. The van der Waals surface area contributed by atoms with E-state index >= 15 is 0 Å². The zero-order chi connectivity index (χ0) is 15.5. The minimum absolute atomic E-state index is 0.0993. The van der Waals surface area contributed by atoms with Gasteiger partial charge in [-0.3, -0.25) is 0 Å². The number of methoxy groups -OCH3 is 1. The van der Waals surface area contributed by atoms with Crippen LogP contribution in [0.2, 0.25) is 0 Å². The lowest BCUT2D eigenvalue weighted by Gasteiger charge is -2.31. The molecular formula is C15H19F4NO. The maximum atomic E-state index is 13.5. The molecule has 0 bridgehead atoms. The van der Waals surface area contributed by atoms with Gasteiger partial charge in [-0.05, 0) is 37.0 Å². The van der Waals surface area contributed by atoms with Gasteiger partial charge in [0.15, 0.2) is 11.6 Å². The van der Waals surface area contributed by atoms with E-state index in [0.29, 0.717) is 18.5 Å². The van der Waals surface area contributed by atoms with Gasteiger partial charge in [-0.1, -0.05) is 12.5 Å². The molecule has 0 aromatic heterocycles. The summed E-state index contributed by atoms with van der Waals surface area (Å²) in [7, 11) is 1.38. The Balaban J connectivity index is 1.89. The van der Waals surface area contributed by atoms with E-state index in [9.17, 15) is 17.6 Å². The molecule has 2 atom stereocenters. The Hall–Kier alpha value is -1.30. The van der Waals surface area contributed by atoms with Gasteiger partial charge in [0.2, 0.25) is 0 Å². The van der Waals surface area contributed by atoms with Gasteiger partial charge in [-0.25, -0.2) is 4.39 Å². The fourth-order valence-corrected chi connectivity index (χ4v) is 2.75. The first-order valence-electron chi connectivity index (χ1n) is 7.02. The molecule has 1 N–H and O–H groups in total. The second kappa shape index (κ2) is 6.64. The quantitative estimate of drug-likeness (QED) is 0.848. The Kier molecular flexibility index (Phi) is 5.08. The van der Waals surface area contributed by atoms with Crippen molar-refractivity contribution < 1.29 is 22.3 Å². The molecule has 2 rings (SSSR count). The van der Waals surface area contributed by atoms with E-state index in [1.807, 2.05) is 0 Å². The Morgan fingerprint density at radius 2 is 2.05 bits per heavy atom. The van der Waals surface area contributed by atoms with Gasteiger partial charge < -0.3 is 10.1 Å². The zero-order valence-electron chi connectivity index (χ0n) is 11.8. The molecule has 118 valence electrons. The molecule has 1 aliphatic rings. The number of ether oxygens (including phenoxy) is 1. The van der Waals surface area contributed by atoms with Gasteiger partial charge in [0.25, 0.3) is 0 Å². The lowest BCUT2D eigenvalue weighted by molar-refractivity contribution is -0.183. The van der Waals surface area contributed by atoms with E-state index in [0.717, 1.165) is 6.42 Å². The zero-order valence-corrected chi connectivity index (χ0v) is 11.8. The fourth-order valence-electron chi connectivity index (χ4n) is 2.75. The van der Waals surface area contributed by atoms with Gasteiger partial charge in [0, 0.05) is 12.6 Å². The van der Waals surface area contributed by atoms with Crippen molar-refractivity contribution in [2.24, 2.45) is 5.92 Å². The number of halogens is 4. The molecule has 0 aliphatic heterocycles. The van der Waals surface area contributed by atoms with Crippen molar-refractivity contribution in [3.63, 3.8) is 0 Å². The minimum atomic E-state index is -4.12. The highest BCUT2D eigenvalue weighted by Gasteiger charge is 2.41. The lowest BCUT2D eigenvalue weighted by Crippen LogP contribution is -2.38. The van der Waals surface area contributed by atoms with Crippen LogP contribution < -0.4 is 10.1 Å². The Morgan fingerprint density at radius 3 is 2.67 bits per heavy atom. The fraction of sp³-hybridized carbons (Fsp3) is 0.600. The first kappa shape index (κ1) is 16.1. The van der Waals surface area contributed by atoms with Gasteiger partial charge in [-0.15, -0.1) is 0 Å². The van der Waals surface area contributed by atoms with Crippen molar-refractivity contribution in [2.75, 3.05) is 7.11 Å². The number of alkyl halides is 3. The Bertz CT molecular complexity index is 475. The number of rotatable bonds is 4. The normalized spacial score (nSPS) is 23.1. The average Bonchev–Trinajstić information content (AvgIpc) is 2.45. The van der Waals surface area contributed by atoms with E-state index in [4.69, 9.17) is 4.74 Å². The van der Waals surface area contributed by atoms with Gasteiger partial charge in [0.05, 0.1) is 13.0 Å². The second-order valence-corrected chi connectivity index (χ2v) is 5.45. The molecule has 2 nitrogen and oxygen atoms in total. The highest BCUT2D eigenvalue weighted by molar-refractivity contribution is 5.29.